The van der Waals surface area contributed by atoms with Gasteiger partial charge in [-0.2, -0.15) is 5.10 Å². The predicted octanol–water partition coefficient (Wildman–Crippen LogP) is 0.200. The fourth-order valence-electron chi connectivity index (χ4n) is 2.19. The van der Waals surface area contributed by atoms with Crippen molar-refractivity contribution in [2.45, 2.75) is 20.4 Å². The molecule has 17 heavy (non-hydrogen) atoms. The molecule has 1 aromatic rings. The van der Waals surface area contributed by atoms with Gasteiger partial charge in [-0.1, -0.05) is 6.92 Å². The molecule has 2 heterocycles. The Bertz CT molecular complexity index is 413. The molecule has 1 aromatic heterocycles. The Balaban J connectivity index is 1.90. The molecule has 1 amide bonds. The minimum absolute atomic E-state index is 0.104. The van der Waals surface area contributed by atoms with Gasteiger partial charge in [0.2, 0.25) is 5.91 Å². The summed E-state index contributed by atoms with van der Waals surface area (Å²) in [6.45, 7) is 6.42. The Morgan fingerprint density at radius 2 is 2.41 bits per heavy atom. The number of rotatable bonds is 3. The van der Waals surface area contributed by atoms with E-state index in [4.69, 9.17) is 0 Å². The van der Waals surface area contributed by atoms with E-state index in [1.165, 1.54) is 0 Å². The highest BCUT2D eigenvalue weighted by Gasteiger charge is 2.29. The van der Waals surface area contributed by atoms with Gasteiger partial charge in [0.05, 0.1) is 12.1 Å². The Hall–Kier alpha value is -1.36. The van der Waals surface area contributed by atoms with Crippen molar-refractivity contribution in [3.8, 4) is 0 Å². The summed E-state index contributed by atoms with van der Waals surface area (Å²) in [6.07, 6.45) is 1.81. The number of carbonyl (C=O) groups excluding carboxylic acids is 1. The zero-order valence-electron chi connectivity index (χ0n) is 10.7. The molecule has 0 aliphatic carbocycles. The molecule has 1 aliphatic rings. The van der Waals surface area contributed by atoms with Crippen molar-refractivity contribution in [2.75, 3.05) is 13.1 Å². The van der Waals surface area contributed by atoms with E-state index in [1.807, 2.05) is 24.9 Å². The first-order valence-electron chi connectivity index (χ1n) is 6.05. The second kappa shape index (κ2) is 4.87. The maximum absolute atomic E-state index is 12.0. The van der Waals surface area contributed by atoms with Crippen LogP contribution in [0.25, 0.3) is 0 Å². The molecule has 5 heteroatoms. The molecule has 0 aromatic carbocycles. The first kappa shape index (κ1) is 12.1. The molecule has 1 fully saturated rings. The molecule has 0 radical (unpaired) electrons. The van der Waals surface area contributed by atoms with Crippen LogP contribution in [0.4, 0.5) is 0 Å². The lowest BCUT2D eigenvalue weighted by Gasteiger charge is -2.13. The van der Waals surface area contributed by atoms with E-state index in [-0.39, 0.29) is 11.8 Å². The molecular formula is C12H20N4O. The summed E-state index contributed by atoms with van der Waals surface area (Å²) >= 11 is 0. The third kappa shape index (κ3) is 2.49. The monoisotopic (exact) mass is 236 g/mol. The molecule has 2 N–H and O–H groups in total. The number of hydrogen-bond acceptors (Lipinski definition) is 3. The minimum Gasteiger partial charge on any atom is -0.352 e. The zero-order valence-corrected chi connectivity index (χ0v) is 10.7. The molecule has 1 saturated heterocycles. The summed E-state index contributed by atoms with van der Waals surface area (Å²) < 4.78 is 1.82. The molecule has 0 unspecified atom stereocenters. The predicted molar refractivity (Wildman–Crippen MR) is 65.3 cm³/mol. The summed E-state index contributed by atoms with van der Waals surface area (Å²) in [4.78, 5) is 12.0. The van der Waals surface area contributed by atoms with Crippen LogP contribution in [-0.4, -0.2) is 28.8 Å². The quantitative estimate of drug-likeness (QED) is 0.788. The van der Waals surface area contributed by atoms with E-state index in [2.05, 4.69) is 22.7 Å². The number of nitrogens with zero attached hydrogens (tertiary/aromatic N) is 2. The topological polar surface area (TPSA) is 59.0 Å². The van der Waals surface area contributed by atoms with Crippen molar-refractivity contribution in [1.82, 2.24) is 20.4 Å². The van der Waals surface area contributed by atoms with Gasteiger partial charge in [-0.05, 0) is 19.4 Å². The maximum atomic E-state index is 12.0. The smallest absolute Gasteiger partial charge is 0.224 e. The highest BCUT2D eigenvalue weighted by atomic mass is 16.1. The van der Waals surface area contributed by atoms with Crippen LogP contribution < -0.4 is 10.6 Å². The van der Waals surface area contributed by atoms with Crippen LogP contribution in [0.1, 0.15) is 18.2 Å². The summed E-state index contributed by atoms with van der Waals surface area (Å²) in [5.74, 6) is 0.669. The third-order valence-corrected chi connectivity index (χ3v) is 3.64. The number of hydrogen-bond donors (Lipinski definition) is 2. The Morgan fingerprint density at radius 1 is 1.65 bits per heavy atom. The van der Waals surface area contributed by atoms with E-state index in [9.17, 15) is 4.79 Å². The highest BCUT2D eigenvalue weighted by Crippen LogP contribution is 2.16. The van der Waals surface area contributed by atoms with Gasteiger partial charge in [0, 0.05) is 31.4 Å². The van der Waals surface area contributed by atoms with Crippen molar-refractivity contribution >= 4 is 5.91 Å². The Morgan fingerprint density at radius 3 is 2.94 bits per heavy atom. The molecule has 5 nitrogen and oxygen atoms in total. The van der Waals surface area contributed by atoms with Gasteiger partial charge in [-0.15, -0.1) is 0 Å². The summed E-state index contributed by atoms with van der Waals surface area (Å²) in [7, 11) is 1.91. The van der Waals surface area contributed by atoms with Crippen molar-refractivity contribution in [3.63, 3.8) is 0 Å². The van der Waals surface area contributed by atoms with Crippen molar-refractivity contribution in [2.24, 2.45) is 18.9 Å². The molecule has 1 aliphatic heterocycles. The average molecular weight is 236 g/mol. The van der Waals surface area contributed by atoms with E-state index in [0.29, 0.717) is 12.5 Å². The fraction of sp³-hybridized carbons (Fsp3) is 0.667. The summed E-state index contributed by atoms with van der Waals surface area (Å²) in [6, 6.07) is 0. The average Bonchev–Trinajstić information content (AvgIpc) is 2.85. The van der Waals surface area contributed by atoms with Gasteiger partial charge in [-0.3, -0.25) is 9.48 Å². The third-order valence-electron chi connectivity index (χ3n) is 3.64. The summed E-state index contributed by atoms with van der Waals surface area (Å²) in [5.41, 5.74) is 2.18. The molecule has 0 bridgehead atoms. The Kier molecular flexibility index (Phi) is 3.47. The maximum Gasteiger partial charge on any atom is 0.224 e. The lowest BCUT2D eigenvalue weighted by molar-refractivity contribution is -0.125. The molecule has 2 rings (SSSR count). The number of aromatic nitrogens is 2. The van der Waals surface area contributed by atoms with Crippen LogP contribution in [0.15, 0.2) is 6.20 Å². The molecular weight excluding hydrogens is 216 g/mol. The fourth-order valence-corrected chi connectivity index (χ4v) is 2.19. The van der Waals surface area contributed by atoms with Crippen molar-refractivity contribution in [1.29, 1.82) is 0 Å². The second-order valence-electron chi connectivity index (χ2n) is 4.84. The van der Waals surface area contributed by atoms with Gasteiger partial charge in [-0.25, -0.2) is 0 Å². The first-order chi connectivity index (χ1) is 8.09. The molecule has 94 valence electrons. The second-order valence-corrected chi connectivity index (χ2v) is 4.84. The van der Waals surface area contributed by atoms with Crippen LogP contribution in [-0.2, 0) is 18.4 Å². The van der Waals surface area contributed by atoms with Crippen molar-refractivity contribution < 1.29 is 4.79 Å². The van der Waals surface area contributed by atoms with Crippen LogP contribution in [0.5, 0.6) is 0 Å². The lowest BCUT2D eigenvalue weighted by atomic mass is 9.97. The van der Waals surface area contributed by atoms with Crippen LogP contribution in [0.2, 0.25) is 0 Å². The van der Waals surface area contributed by atoms with Gasteiger partial charge in [0.25, 0.3) is 0 Å². The van der Waals surface area contributed by atoms with Crippen LogP contribution >= 0.6 is 0 Å². The number of nitrogens with one attached hydrogen (secondary N) is 2. The van der Waals surface area contributed by atoms with E-state index in [1.54, 1.807) is 0 Å². The standard InChI is InChI=1S/C12H20N4O/c1-8-4-13-7-11(8)12(17)14-5-10-6-15-16(3)9(10)2/h6,8,11,13H,4-5,7H2,1-3H3,(H,14,17)/t8-,11-/m1/s1. The lowest BCUT2D eigenvalue weighted by Crippen LogP contribution is -2.34. The molecule has 2 atom stereocenters. The number of carbonyl (C=O) groups is 1. The van der Waals surface area contributed by atoms with Gasteiger partial charge in [0.15, 0.2) is 0 Å². The van der Waals surface area contributed by atoms with E-state index >= 15 is 0 Å². The Labute approximate surface area is 102 Å². The summed E-state index contributed by atoms with van der Waals surface area (Å²) in [5, 5.41) is 10.4. The van der Waals surface area contributed by atoms with Crippen molar-refractivity contribution in [3.05, 3.63) is 17.5 Å². The normalized spacial score (nSPS) is 23.9. The van der Waals surface area contributed by atoms with Gasteiger partial charge >= 0.3 is 0 Å². The van der Waals surface area contributed by atoms with Crippen LogP contribution in [0.3, 0.4) is 0 Å². The van der Waals surface area contributed by atoms with E-state index in [0.717, 1.165) is 24.3 Å². The number of aryl methyl sites for hydroxylation is 1. The van der Waals surface area contributed by atoms with Gasteiger partial charge < -0.3 is 10.6 Å². The molecule has 0 saturated carbocycles. The van der Waals surface area contributed by atoms with E-state index < -0.39 is 0 Å². The van der Waals surface area contributed by atoms with Gasteiger partial charge in [0.1, 0.15) is 0 Å². The van der Waals surface area contributed by atoms with Crippen LogP contribution in [0, 0.1) is 18.8 Å². The number of amides is 1. The zero-order chi connectivity index (χ0) is 12.4. The first-order valence-corrected chi connectivity index (χ1v) is 6.05. The SMILES string of the molecule is Cc1c(CNC(=O)[C@@H]2CNC[C@H]2C)cnn1C. The minimum atomic E-state index is 0.104. The largest absolute Gasteiger partial charge is 0.352 e. The highest BCUT2D eigenvalue weighted by molar-refractivity contribution is 5.79. The molecule has 0 spiro atoms.